The largest absolute Gasteiger partial charge is 0.273 e. The maximum Gasteiger partial charge on any atom is 0.273 e. The molecule has 1 radical (unpaired) electrons. The third kappa shape index (κ3) is 2.31. The summed E-state index contributed by atoms with van der Waals surface area (Å²) in [7, 11) is 0. The van der Waals surface area contributed by atoms with Crippen molar-refractivity contribution in [1.82, 2.24) is 0 Å². The second-order valence-corrected chi connectivity index (χ2v) is 2.42. The highest BCUT2D eigenvalue weighted by Crippen LogP contribution is 2.17. The molecule has 1 aromatic carbocycles. The average Bonchev–Trinajstić information content (AvgIpc) is 2.15. The van der Waals surface area contributed by atoms with Gasteiger partial charge in [-0.25, -0.2) is 0 Å². The molecule has 1 rings (SSSR count). The minimum Gasteiger partial charge on any atom is -0.258 e. The lowest BCUT2D eigenvalue weighted by Crippen LogP contribution is -1.93. The highest BCUT2D eigenvalue weighted by Gasteiger charge is 2.09. The summed E-state index contributed by atoms with van der Waals surface area (Å²) in [5, 5.41) is 10.5. The Morgan fingerprint density at radius 2 is 2.15 bits per heavy atom. The van der Waals surface area contributed by atoms with E-state index in [9.17, 15) is 10.1 Å². The fourth-order valence-corrected chi connectivity index (χ4v) is 0.996. The topological polar surface area (TPSA) is 43.1 Å². The number of nitro groups is 1. The zero-order valence-electron chi connectivity index (χ0n) is 6.99. The molecule has 0 saturated heterocycles. The second kappa shape index (κ2) is 4.27. The van der Waals surface area contributed by atoms with Crippen LogP contribution in [0.4, 0.5) is 5.69 Å². The first-order valence-electron chi connectivity index (χ1n) is 3.73. The van der Waals surface area contributed by atoms with Crippen LogP contribution in [0.5, 0.6) is 0 Å². The van der Waals surface area contributed by atoms with E-state index in [1.807, 2.05) is 0 Å². The number of benzene rings is 1. The van der Waals surface area contributed by atoms with Crippen molar-refractivity contribution in [2.75, 3.05) is 0 Å². The Bertz CT molecular complexity index is 374. The van der Waals surface area contributed by atoms with Crippen molar-refractivity contribution in [3.8, 4) is 11.8 Å². The van der Waals surface area contributed by atoms with Crippen LogP contribution in [0.2, 0.25) is 0 Å². The molecule has 3 heteroatoms. The van der Waals surface area contributed by atoms with Gasteiger partial charge in [-0.3, -0.25) is 10.1 Å². The molecule has 0 bridgehead atoms. The van der Waals surface area contributed by atoms with Gasteiger partial charge in [-0.05, 0) is 0 Å². The van der Waals surface area contributed by atoms with Crippen LogP contribution >= 0.6 is 0 Å². The molecule has 1 aromatic rings. The van der Waals surface area contributed by atoms with E-state index >= 15 is 0 Å². The lowest BCUT2D eigenvalue weighted by Gasteiger charge is -1.96. The van der Waals surface area contributed by atoms with Crippen LogP contribution in [-0.2, 0) is 6.42 Å². The van der Waals surface area contributed by atoms with Crippen LogP contribution in [0.3, 0.4) is 0 Å². The van der Waals surface area contributed by atoms with Crippen LogP contribution in [0.15, 0.2) is 24.3 Å². The average molecular weight is 174 g/mol. The summed E-state index contributed by atoms with van der Waals surface area (Å²) < 4.78 is 0. The highest BCUT2D eigenvalue weighted by molar-refractivity contribution is 5.41. The Morgan fingerprint density at radius 1 is 1.46 bits per heavy atom. The maximum absolute atomic E-state index is 10.5. The van der Waals surface area contributed by atoms with Crippen LogP contribution < -0.4 is 0 Å². The van der Waals surface area contributed by atoms with Gasteiger partial charge in [-0.1, -0.05) is 24.1 Å². The number of para-hydroxylation sites is 1. The quantitative estimate of drug-likeness (QED) is 0.391. The smallest absolute Gasteiger partial charge is 0.258 e. The molecule has 0 heterocycles. The van der Waals surface area contributed by atoms with Gasteiger partial charge in [0.05, 0.1) is 4.92 Å². The molecule has 0 aliphatic heterocycles. The molecule has 0 unspecified atom stereocenters. The normalized spacial score (nSPS) is 8.69. The molecular formula is C10H8NO2. The van der Waals surface area contributed by atoms with E-state index in [2.05, 4.69) is 18.8 Å². The number of hydrogen-bond donors (Lipinski definition) is 0. The Labute approximate surface area is 76.5 Å². The number of nitrogens with zero attached hydrogens (tertiary/aromatic N) is 1. The maximum atomic E-state index is 10.5. The molecular weight excluding hydrogens is 166 g/mol. The molecule has 0 aliphatic rings. The van der Waals surface area contributed by atoms with E-state index < -0.39 is 4.92 Å². The van der Waals surface area contributed by atoms with Crippen LogP contribution in [0.1, 0.15) is 5.56 Å². The van der Waals surface area contributed by atoms with E-state index in [0.717, 1.165) is 0 Å². The summed E-state index contributed by atoms with van der Waals surface area (Å²) in [5.41, 5.74) is 0.744. The fourth-order valence-electron chi connectivity index (χ4n) is 0.996. The Hall–Kier alpha value is -1.82. The predicted octanol–water partition coefficient (Wildman–Crippen LogP) is 1.97. The minimum atomic E-state index is -0.403. The van der Waals surface area contributed by atoms with Gasteiger partial charge in [0, 0.05) is 25.0 Å². The molecule has 0 spiro atoms. The van der Waals surface area contributed by atoms with Crippen molar-refractivity contribution in [1.29, 1.82) is 0 Å². The van der Waals surface area contributed by atoms with Crippen molar-refractivity contribution >= 4 is 5.69 Å². The molecule has 65 valence electrons. The van der Waals surface area contributed by atoms with Gasteiger partial charge in [0.25, 0.3) is 5.69 Å². The monoisotopic (exact) mass is 174 g/mol. The summed E-state index contributed by atoms with van der Waals surface area (Å²) in [6.07, 6.45) is 0.376. The van der Waals surface area contributed by atoms with Crippen molar-refractivity contribution in [3.05, 3.63) is 46.9 Å². The third-order valence-corrected chi connectivity index (χ3v) is 1.59. The Kier molecular flexibility index (Phi) is 3.04. The molecule has 0 saturated carbocycles. The predicted molar refractivity (Wildman–Crippen MR) is 49.9 cm³/mol. The fraction of sp³-hybridized carbons (Fsp3) is 0.100. The van der Waals surface area contributed by atoms with E-state index in [4.69, 9.17) is 0 Å². The van der Waals surface area contributed by atoms with E-state index in [-0.39, 0.29) is 5.69 Å². The van der Waals surface area contributed by atoms with Crippen molar-refractivity contribution in [3.63, 3.8) is 0 Å². The highest BCUT2D eigenvalue weighted by atomic mass is 16.6. The lowest BCUT2D eigenvalue weighted by molar-refractivity contribution is -0.385. The van der Waals surface area contributed by atoms with Gasteiger partial charge in [0.15, 0.2) is 0 Å². The molecule has 0 fully saturated rings. The Balaban J connectivity index is 3.02. The molecule has 0 atom stereocenters. The van der Waals surface area contributed by atoms with Gasteiger partial charge in [0.1, 0.15) is 0 Å². The second-order valence-electron chi connectivity index (χ2n) is 2.42. The van der Waals surface area contributed by atoms with E-state index in [1.165, 1.54) is 6.07 Å². The summed E-state index contributed by atoms with van der Waals surface area (Å²) >= 11 is 0. The van der Waals surface area contributed by atoms with Crippen LogP contribution in [0.25, 0.3) is 0 Å². The lowest BCUT2D eigenvalue weighted by atomic mass is 10.1. The van der Waals surface area contributed by atoms with Crippen LogP contribution in [0, 0.1) is 28.9 Å². The number of rotatable bonds is 2. The van der Waals surface area contributed by atoms with Gasteiger partial charge >= 0.3 is 0 Å². The van der Waals surface area contributed by atoms with E-state index in [1.54, 1.807) is 18.2 Å². The van der Waals surface area contributed by atoms with Crippen molar-refractivity contribution in [2.45, 2.75) is 6.42 Å². The van der Waals surface area contributed by atoms with E-state index in [0.29, 0.717) is 12.0 Å². The van der Waals surface area contributed by atoms with Gasteiger partial charge in [-0.15, -0.1) is 5.92 Å². The summed E-state index contributed by atoms with van der Waals surface area (Å²) in [5.74, 6) is 5.15. The molecule has 0 aromatic heterocycles. The number of nitro benzene ring substituents is 1. The molecule has 0 aliphatic carbocycles. The first-order chi connectivity index (χ1) is 6.25. The van der Waals surface area contributed by atoms with Gasteiger partial charge in [0.2, 0.25) is 0 Å². The SMILES string of the molecule is [CH2]C#CCc1ccccc1[N+](=O)[O-]. The van der Waals surface area contributed by atoms with Gasteiger partial charge < -0.3 is 0 Å². The molecule has 3 nitrogen and oxygen atoms in total. The molecule has 0 N–H and O–H groups in total. The third-order valence-electron chi connectivity index (χ3n) is 1.59. The van der Waals surface area contributed by atoms with Crippen molar-refractivity contribution in [2.24, 2.45) is 0 Å². The zero-order chi connectivity index (χ0) is 9.68. The Morgan fingerprint density at radius 3 is 2.77 bits per heavy atom. The summed E-state index contributed by atoms with van der Waals surface area (Å²) in [4.78, 5) is 10.1. The summed E-state index contributed by atoms with van der Waals surface area (Å²) in [6.45, 7) is 3.34. The molecule has 0 amide bonds. The molecule has 13 heavy (non-hydrogen) atoms. The van der Waals surface area contributed by atoms with Crippen LogP contribution in [-0.4, -0.2) is 4.92 Å². The standard InChI is InChI=1S/C10H8NO2/c1-2-3-6-9-7-4-5-8-10(9)11(12)13/h4-5,7-8H,1,6H2. The van der Waals surface area contributed by atoms with Gasteiger partial charge in [-0.2, -0.15) is 0 Å². The zero-order valence-corrected chi connectivity index (χ0v) is 6.99. The van der Waals surface area contributed by atoms with Crippen molar-refractivity contribution < 1.29 is 4.92 Å². The number of hydrogen-bond acceptors (Lipinski definition) is 2. The minimum absolute atomic E-state index is 0.116. The first kappa shape index (κ1) is 9.27. The first-order valence-corrected chi connectivity index (χ1v) is 3.73. The summed E-state index contributed by atoms with van der Waals surface area (Å²) in [6, 6.07) is 6.56.